The lowest BCUT2D eigenvalue weighted by atomic mass is 9.75. The maximum Gasteiger partial charge on any atom is 0.337 e. The lowest BCUT2D eigenvalue weighted by Gasteiger charge is -2.45. The van der Waals surface area contributed by atoms with Crippen molar-refractivity contribution in [1.82, 2.24) is 9.88 Å². The third kappa shape index (κ3) is 3.21. The predicted molar refractivity (Wildman–Crippen MR) is 112 cm³/mol. The predicted octanol–water partition coefficient (Wildman–Crippen LogP) is 3.60. The third-order valence-electron chi connectivity index (χ3n) is 6.37. The summed E-state index contributed by atoms with van der Waals surface area (Å²) in [5.74, 6) is 0.707. The van der Waals surface area contributed by atoms with Crippen LogP contribution in [0.2, 0.25) is 0 Å². The van der Waals surface area contributed by atoms with Crippen molar-refractivity contribution in [2.45, 2.75) is 18.9 Å². The largest absolute Gasteiger partial charge is 0.504 e. The van der Waals surface area contributed by atoms with Gasteiger partial charge in [-0.2, -0.15) is 0 Å². The smallest absolute Gasteiger partial charge is 0.337 e. The molecular formula is C23H28N2O4. The van der Waals surface area contributed by atoms with E-state index < -0.39 is 0 Å². The SMILES string of the molecule is C=C[C@@H]1CN2CCc3c([nH]c4cccc(OC)c34)[C@H]2C[C@@H]1/C(=C\OC)C(=O)OC. The monoisotopic (exact) mass is 396 g/mol. The minimum Gasteiger partial charge on any atom is -0.504 e. The number of methoxy groups -OCH3 is 3. The number of benzene rings is 1. The Balaban J connectivity index is 1.77. The molecule has 2 aliphatic rings. The molecule has 3 heterocycles. The first-order valence-corrected chi connectivity index (χ1v) is 9.98. The molecule has 29 heavy (non-hydrogen) atoms. The van der Waals surface area contributed by atoms with Crippen LogP contribution in [0.15, 0.2) is 42.7 Å². The number of nitrogens with zero attached hydrogens (tertiary/aromatic N) is 1. The van der Waals surface area contributed by atoms with Gasteiger partial charge in [0, 0.05) is 35.6 Å². The van der Waals surface area contributed by atoms with E-state index in [-0.39, 0.29) is 23.8 Å². The zero-order valence-electron chi connectivity index (χ0n) is 17.2. The molecule has 0 amide bonds. The number of rotatable bonds is 5. The fourth-order valence-electron chi connectivity index (χ4n) is 5.04. The summed E-state index contributed by atoms with van der Waals surface area (Å²) in [7, 11) is 4.68. The highest BCUT2D eigenvalue weighted by molar-refractivity contribution is 5.91. The lowest BCUT2D eigenvalue weighted by Crippen LogP contribution is -2.46. The molecule has 0 spiro atoms. The second kappa shape index (κ2) is 7.95. The molecule has 4 rings (SSSR count). The van der Waals surface area contributed by atoms with Gasteiger partial charge < -0.3 is 19.2 Å². The molecule has 1 aromatic heterocycles. The third-order valence-corrected chi connectivity index (χ3v) is 6.37. The van der Waals surface area contributed by atoms with E-state index in [1.54, 1.807) is 14.2 Å². The van der Waals surface area contributed by atoms with Crippen LogP contribution < -0.4 is 4.74 Å². The fourth-order valence-corrected chi connectivity index (χ4v) is 5.04. The molecule has 3 atom stereocenters. The van der Waals surface area contributed by atoms with Gasteiger partial charge in [-0.25, -0.2) is 4.79 Å². The van der Waals surface area contributed by atoms with Crippen LogP contribution in [0.4, 0.5) is 0 Å². The van der Waals surface area contributed by atoms with Crippen molar-refractivity contribution in [3.8, 4) is 5.75 Å². The summed E-state index contributed by atoms with van der Waals surface area (Å²) in [6, 6.07) is 6.31. The minimum absolute atomic E-state index is 0.0135. The maximum atomic E-state index is 12.4. The highest BCUT2D eigenvalue weighted by Crippen LogP contribution is 2.46. The van der Waals surface area contributed by atoms with Crippen molar-refractivity contribution in [2.75, 3.05) is 34.4 Å². The van der Waals surface area contributed by atoms with Gasteiger partial charge in [0.15, 0.2) is 0 Å². The molecule has 1 N–H and O–H groups in total. The van der Waals surface area contributed by atoms with Gasteiger partial charge in [0.2, 0.25) is 0 Å². The molecular weight excluding hydrogens is 368 g/mol. The molecule has 0 unspecified atom stereocenters. The minimum atomic E-state index is -0.341. The van der Waals surface area contributed by atoms with Gasteiger partial charge in [-0.1, -0.05) is 12.1 Å². The molecule has 0 aliphatic carbocycles. The van der Waals surface area contributed by atoms with Crippen molar-refractivity contribution in [3.05, 3.63) is 53.9 Å². The number of aromatic nitrogens is 1. The molecule has 6 nitrogen and oxygen atoms in total. The van der Waals surface area contributed by atoms with Gasteiger partial charge in [-0.15, -0.1) is 6.58 Å². The maximum absolute atomic E-state index is 12.4. The van der Waals surface area contributed by atoms with Crippen molar-refractivity contribution in [1.29, 1.82) is 0 Å². The molecule has 1 aromatic carbocycles. The quantitative estimate of drug-likeness (QED) is 0.362. The van der Waals surface area contributed by atoms with E-state index in [9.17, 15) is 4.79 Å². The highest BCUT2D eigenvalue weighted by Gasteiger charge is 2.42. The Kier molecular flexibility index (Phi) is 5.37. The average Bonchev–Trinajstić information content (AvgIpc) is 3.15. The van der Waals surface area contributed by atoms with Crippen molar-refractivity contribution in [2.24, 2.45) is 11.8 Å². The molecule has 0 radical (unpaired) electrons. The molecule has 1 saturated heterocycles. The first kappa shape index (κ1) is 19.6. The zero-order chi connectivity index (χ0) is 20.5. The Bertz CT molecular complexity index is 961. The van der Waals surface area contributed by atoms with Crippen LogP contribution in [0.25, 0.3) is 10.9 Å². The van der Waals surface area contributed by atoms with E-state index in [4.69, 9.17) is 14.2 Å². The standard InChI is InChI=1S/C23H28N2O4/c1-5-14-12-25-10-9-15-21-18(7-6-8-20(21)28-3)24-22(15)19(25)11-16(14)17(13-27-2)23(26)29-4/h5-8,13-14,16,19,24H,1,9-12H2,2-4H3/b17-13+/t14-,16+,19-/m1/s1. The number of carbonyl (C=O) groups excluding carboxylic acids is 1. The lowest BCUT2D eigenvalue weighted by molar-refractivity contribution is -0.137. The summed E-state index contributed by atoms with van der Waals surface area (Å²) in [4.78, 5) is 18.6. The Labute approximate surface area is 171 Å². The summed E-state index contributed by atoms with van der Waals surface area (Å²) in [5.41, 5.74) is 4.22. The summed E-state index contributed by atoms with van der Waals surface area (Å²) < 4.78 is 15.9. The van der Waals surface area contributed by atoms with Gasteiger partial charge in [-0.3, -0.25) is 4.90 Å². The van der Waals surface area contributed by atoms with Crippen molar-refractivity contribution in [3.63, 3.8) is 0 Å². The van der Waals surface area contributed by atoms with Crippen LogP contribution in [-0.2, 0) is 20.7 Å². The Morgan fingerprint density at radius 2 is 2.14 bits per heavy atom. The second-order valence-electron chi connectivity index (χ2n) is 7.70. The first-order chi connectivity index (χ1) is 14.1. The molecule has 6 heteroatoms. The number of aromatic amines is 1. The normalized spacial score (nSPS) is 24.5. The number of carbonyl (C=O) groups is 1. The topological polar surface area (TPSA) is 63.8 Å². The summed E-state index contributed by atoms with van der Waals surface area (Å²) in [6.45, 7) is 5.85. The number of piperidine rings is 1. The van der Waals surface area contributed by atoms with E-state index in [0.29, 0.717) is 5.57 Å². The summed E-state index contributed by atoms with van der Waals surface area (Å²) >= 11 is 0. The number of nitrogens with one attached hydrogen (secondary N) is 1. The highest BCUT2D eigenvalue weighted by atomic mass is 16.5. The number of hydrogen-bond donors (Lipinski definition) is 1. The molecule has 2 aliphatic heterocycles. The van der Waals surface area contributed by atoms with E-state index in [1.165, 1.54) is 30.0 Å². The Morgan fingerprint density at radius 1 is 1.31 bits per heavy atom. The van der Waals surface area contributed by atoms with E-state index in [1.807, 2.05) is 18.2 Å². The molecule has 1 fully saturated rings. The van der Waals surface area contributed by atoms with E-state index >= 15 is 0 Å². The number of hydrogen-bond acceptors (Lipinski definition) is 5. The Morgan fingerprint density at radius 3 is 2.83 bits per heavy atom. The van der Waals surface area contributed by atoms with Crippen LogP contribution in [-0.4, -0.2) is 50.3 Å². The number of esters is 1. The molecule has 0 saturated carbocycles. The van der Waals surface area contributed by atoms with Crippen molar-refractivity contribution < 1.29 is 19.0 Å². The van der Waals surface area contributed by atoms with Crippen LogP contribution in [0.3, 0.4) is 0 Å². The average molecular weight is 396 g/mol. The van der Waals surface area contributed by atoms with Crippen LogP contribution >= 0.6 is 0 Å². The van der Waals surface area contributed by atoms with Crippen molar-refractivity contribution >= 4 is 16.9 Å². The number of fused-ring (bicyclic) bond motifs is 5. The zero-order valence-corrected chi connectivity index (χ0v) is 17.2. The van der Waals surface area contributed by atoms with Crippen LogP contribution in [0.5, 0.6) is 5.75 Å². The summed E-state index contributed by atoms with van der Waals surface area (Å²) in [6.07, 6.45) is 5.25. The Hall–Kier alpha value is -2.73. The van der Waals surface area contributed by atoms with E-state index in [0.717, 1.165) is 37.2 Å². The van der Waals surface area contributed by atoms with Gasteiger partial charge in [0.1, 0.15) is 5.75 Å². The van der Waals surface area contributed by atoms with Crippen LogP contribution in [0, 0.1) is 11.8 Å². The van der Waals surface area contributed by atoms with Gasteiger partial charge >= 0.3 is 5.97 Å². The van der Waals surface area contributed by atoms with E-state index in [2.05, 4.69) is 22.5 Å². The summed E-state index contributed by atoms with van der Waals surface area (Å²) in [5, 5.41) is 1.17. The van der Waals surface area contributed by atoms with Gasteiger partial charge in [-0.05, 0) is 36.5 Å². The van der Waals surface area contributed by atoms with Crippen LogP contribution in [0.1, 0.15) is 23.7 Å². The van der Waals surface area contributed by atoms with Gasteiger partial charge in [0.05, 0.1) is 39.2 Å². The molecule has 2 aromatic rings. The number of H-pyrrole nitrogens is 1. The fraction of sp³-hybridized carbons (Fsp3) is 0.435. The second-order valence-corrected chi connectivity index (χ2v) is 7.70. The van der Waals surface area contributed by atoms with Gasteiger partial charge in [0.25, 0.3) is 0 Å². The molecule has 154 valence electrons. The number of ether oxygens (including phenoxy) is 3. The molecule has 0 bridgehead atoms. The first-order valence-electron chi connectivity index (χ1n) is 9.98.